The molecule has 0 radical (unpaired) electrons. The van der Waals surface area contributed by atoms with Gasteiger partial charge in [-0.25, -0.2) is 0 Å². The normalized spacial score (nSPS) is 13.6. The van der Waals surface area contributed by atoms with E-state index in [-0.39, 0.29) is 6.07 Å². The summed E-state index contributed by atoms with van der Waals surface area (Å²) in [4.78, 5) is 0. The van der Waals surface area contributed by atoms with Crippen LogP contribution >= 0.6 is 8.58 Å². The van der Waals surface area contributed by atoms with Crippen LogP contribution < -0.4 is 10.6 Å². The van der Waals surface area contributed by atoms with E-state index in [4.69, 9.17) is 0 Å². The van der Waals surface area contributed by atoms with E-state index in [1.54, 1.807) is 19.9 Å². The zero-order valence-corrected chi connectivity index (χ0v) is 14.8. The highest BCUT2D eigenvalue weighted by molar-refractivity contribution is 7.55. The highest BCUT2D eigenvalue weighted by Crippen LogP contribution is 2.47. The molecule has 1 unspecified atom stereocenters. The molecular formula is C17H12F9P. The lowest BCUT2D eigenvalue weighted by atomic mass is 9.99. The molecule has 0 saturated heterocycles. The van der Waals surface area contributed by atoms with Crippen LogP contribution in [0.1, 0.15) is 27.8 Å². The number of alkyl halides is 9. The largest absolute Gasteiger partial charge is 0.417 e. The van der Waals surface area contributed by atoms with Gasteiger partial charge in [0.15, 0.2) is 0 Å². The third-order valence-corrected chi connectivity index (χ3v) is 5.45. The fourth-order valence-corrected chi connectivity index (χ4v) is 3.98. The molecule has 2 aromatic rings. The van der Waals surface area contributed by atoms with Crippen LogP contribution in [0.25, 0.3) is 0 Å². The zero-order valence-electron chi connectivity index (χ0n) is 13.8. The van der Waals surface area contributed by atoms with Crippen LogP contribution in [0.2, 0.25) is 0 Å². The minimum Gasteiger partial charge on any atom is -0.166 e. The maximum absolute atomic E-state index is 13.4. The highest BCUT2D eigenvalue weighted by Gasteiger charge is 2.51. The van der Waals surface area contributed by atoms with E-state index >= 15 is 0 Å². The predicted octanol–water partition coefficient (Wildman–Crippen LogP) is 5.99. The van der Waals surface area contributed by atoms with Crippen molar-refractivity contribution in [2.45, 2.75) is 32.4 Å². The van der Waals surface area contributed by atoms with E-state index in [1.807, 2.05) is 0 Å². The van der Waals surface area contributed by atoms with Gasteiger partial charge in [-0.05, 0) is 41.6 Å². The van der Waals surface area contributed by atoms with Gasteiger partial charge in [-0.2, -0.15) is 39.5 Å². The lowest BCUT2D eigenvalue weighted by molar-refractivity contribution is -0.174. The maximum Gasteiger partial charge on any atom is 0.417 e. The van der Waals surface area contributed by atoms with Gasteiger partial charge in [0.1, 0.15) is 0 Å². The number of halogens is 9. The Morgan fingerprint density at radius 1 is 0.630 bits per heavy atom. The van der Waals surface area contributed by atoms with Crippen molar-refractivity contribution >= 4 is 19.2 Å². The van der Waals surface area contributed by atoms with Gasteiger partial charge < -0.3 is 0 Å². The Morgan fingerprint density at radius 3 is 1.67 bits per heavy atom. The van der Waals surface area contributed by atoms with Crippen molar-refractivity contribution in [3.63, 3.8) is 0 Å². The summed E-state index contributed by atoms with van der Waals surface area (Å²) in [7, 11) is -0.888. The van der Waals surface area contributed by atoms with E-state index in [9.17, 15) is 39.5 Å². The summed E-state index contributed by atoms with van der Waals surface area (Å²) in [6, 6.07) is 5.16. The Balaban J connectivity index is 2.82. The van der Waals surface area contributed by atoms with Crippen LogP contribution in [-0.2, 0) is 18.5 Å². The molecule has 0 aliphatic heterocycles. The van der Waals surface area contributed by atoms with Crippen molar-refractivity contribution < 1.29 is 39.5 Å². The fraction of sp³-hybridized carbons (Fsp3) is 0.294. The Morgan fingerprint density at radius 2 is 1.19 bits per heavy atom. The average molecular weight is 418 g/mol. The number of hydrogen-bond acceptors (Lipinski definition) is 0. The Kier molecular flexibility index (Phi) is 5.59. The Labute approximate surface area is 150 Å². The summed E-state index contributed by atoms with van der Waals surface area (Å²) < 4.78 is 119. The van der Waals surface area contributed by atoms with Gasteiger partial charge in [0, 0.05) is 0 Å². The van der Waals surface area contributed by atoms with Crippen LogP contribution in [0.15, 0.2) is 30.3 Å². The number of rotatable bonds is 2. The minimum atomic E-state index is -5.82. The molecule has 27 heavy (non-hydrogen) atoms. The minimum absolute atomic E-state index is 0.0610. The van der Waals surface area contributed by atoms with Gasteiger partial charge in [-0.1, -0.05) is 32.8 Å². The first kappa shape index (κ1) is 21.5. The monoisotopic (exact) mass is 418 g/mol. The highest BCUT2D eigenvalue weighted by atomic mass is 31.1. The van der Waals surface area contributed by atoms with Crippen LogP contribution in [0.5, 0.6) is 0 Å². The molecule has 148 valence electrons. The molecule has 0 aromatic heterocycles. The summed E-state index contributed by atoms with van der Waals surface area (Å²) in [5.41, 5.74) is -6.06. The molecule has 0 N–H and O–H groups in total. The topological polar surface area (TPSA) is 0 Å². The number of benzene rings is 2. The zero-order chi connectivity index (χ0) is 20.8. The maximum atomic E-state index is 13.4. The Bertz CT molecular complexity index is 845. The average Bonchev–Trinajstić information content (AvgIpc) is 2.48. The molecule has 2 aromatic carbocycles. The van der Waals surface area contributed by atoms with Gasteiger partial charge in [0.2, 0.25) is 0 Å². The lowest BCUT2D eigenvalue weighted by Gasteiger charge is -2.23. The molecule has 10 heteroatoms. The number of hydrogen-bond donors (Lipinski definition) is 0. The van der Waals surface area contributed by atoms with Gasteiger partial charge in [-0.15, -0.1) is 0 Å². The van der Waals surface area contributed by atoms with Crippen molar-refractivity contribution in [2.24, 2.45) is 0 Å². The van der Waals surface area contributed by atoms with Crippen molar-refractivity contribution in [2.75, 3.05) is 0 Å². The van der Waals surface area contributed by atoms with Crippen LogP contribution in [0, 0.1) is 13.8 Å². The van der Waals surface area contributed by atoms with Crippen molar-refractivity contribution in [3.05, 3.63) is 58.1 Å². The van der Waals surface area contributed by atoms with Crippen LogP contribution in [0.3, 0.4) is 0 Å². The fourth-order valence-electron chi connectivity index (χ4n) is 2.56. The third-order valence-electron chi connectivity index (χ3n) is 3.95. The van der Waals surface area contributed by atoms with Gasteiger partial charge in [0.25, 0.3) is 0 Å². The molecule has 0 aliphatic carbocycles. The molecular weight excluding hydrogens is 406 g/mol. The molecule has 0 fully saturated rings. The van der Waals surface area contributed by atoms with Gasteiger partial charge in [0.05, 0.1) is 16.7 Å². The molecule has 0 nitrogen and oxygen atoms in total. The van der Waals surface area contributed by atoms with Crippen molar-refractivity contribution in [3.8, 4) is 0 Å². The van der Waals surface area contributed by atoms with Crippen LogP contribution in [0.4, 0.5) is 39.5 Å². The summed E-state index contributed by atoms with van der Waals surface area (Å²) in [5, 5.41) is -0.509. The van der Waals surface area contributed by atoms with E-state index in [2.05, 4.69) is 0 Å². The first-order valence-corrected chi connectivity index (χ1v) is 8.36. The SMILES string of the molecule is Cc1cccc(Pc2ccc(C(F)(F)F)c(C(F)(F)F)c2C(F)(F)F)c1C. The number of aryl methyl sites for hydroxylation is 1. The van der Waals surface area contributed by atoms with Crippen molar-refractivity contribution in [1.29, 1.82) is 0 Å². The second kappa shape index (κ2) is 7.00. The van der Waals surface area contributed by atoms with E-state index in [0.717, 1.165) is 0 Å². The molecule has 0 aliphatic rings. The molecule has 1 atom stereocenters. The van der Waals surface area contributed by atoms with Crippen LogP contribution in [-0.4, -0.2) is 0 Å². The molecule has 0 spiro atoms. The second-order valence-corrected chi connectivity index (χ2v) is 7.10. The van der Waals surface area contributed by atoms with E-state index in [0.29, 0.717) is 22.5 Å². The second-order valence-electron chi connectivity index (χ2n) is 5.78. The smallest absolute Gasteiger partial charge is 0.166 e. The van der Waals surface area contributed by atoms with E-state index in [1.165, 1.54) is 12.1 Å². The predicted molar refractivity (Wildman–Crippen MR) is 84.9 cm³/mol. The van der Waals surface area contributed by atoms with Crippen molar-refractivity contribution in [1.82, 2.24) is 0 Å². The molecule has 0 bridgehead atoms. The van der Waals surface area contributed by atoms with E-state index < -0.39 is 49.1 Å². The first-order valence-electron chi connectivity index (χ1n) is 7.36. The summed E-state index contributed by atoms with van der Waals surface area (Å²) in [5.74, 6) is 0. The summed E-state index contributed by atoms with van der Waals surface area (Å²) >= 11 is 0. The standard InChI is InChI=1S/C17H12F9P/c1-8-4-3-5-11(9(8)2)27-12-7-6-10(15(18,19)20)13(16(21,22)23)14(12)17(24,25)26/h3-7,27H,1-2H3. The summed E-state index contributed by atoms with van der Waals surface area (Å²) in [6.07, 6.45) is -17.0. The van der Waals surface area contributed by atoms with Gasteiger partial charge >= 0.3 is 18.5 Å². The molecule has 0 amide bonds. The lowest BCUT2D eigenvalue weighted by Crippen LogP contribution is -2.29. The molecule has 0 saturated carbocycles. The van der Waals surface area contributed by atoms with Gasteiger partial charge in [-0.3, -0.25) is 0 Å². The summed E-state index contributed by atoms with van der Waals surface area (Å²) in [6.45, 7) is 3.25. The molecule has 0 heterocycles. The third kappa shape index (κ3) is 4.57. The molecule has 2 rings (SSSR count). The quantitative estimate of drug-likeness (QED) is 0.415. The Hall–Kier alpha value is -1.76. The first-order chi connectivity index (χ1) is 12.1.